The van der Waals surface area contributed by atoms with Crippen LogP contribution in [0.2, 0.25) is 0 Å². The lowest BCUT2D eigenvalue weighted by molar-refractivity contribution is 0.141. The Hall–Kier alpha value is -0.940. The van der Waals surface area contributed by atoms with E-state index in [9.17, 15) is 0 Å². The molecule has 1 aliphatic heterocycles. The van der Waals surface area contributed by atoms with Crippen LogP contribution in [0.15, 0.2) is 4.52 Å². The minimum atomic E-state index is -0.385. The number of nitrogens with two attached hydrogens (primary N) is 1. The standard InChI is InChI=1S/C14H24N4O/c1-10(2)9-18-7-5-14(15,6-8-18)13-16-12(19-17-13)11-3-4-11/h10-11H,3-9,15H2,1-2H3. The van der Waals surface area contributed by atoms with E-state index in [4.69, 9.17) is 10.3 Å². The molecular formula is C14H24N4O. The molecule has 2 fully saturated rings. The van der Waals surface area contributed by atoms with Gasteiger partial charge < -0.3 is 15.2 Å². The monoisotopic (exact) mass is 264 g/mol. The van der Waals surface area contributed by atoms with Crippen LogP contribution in [0.3, 0.4) is 0 Å². The summed E-state index contributed by atoms with van der Waals surface area (Å²) in [5.41, 5.74) is 6.11. The van der Waals surface area contributed by atoms with Gasteiger partial charge in [-0.05, 0) is 31.6 Å². The van der Waals surface area contributed by atoms with Crippen LogP contribution in [0.4, 0.5) is 0 Å². The predicted molar refractivity (Wildman–Crippen MR) is 72.7 cm³/mol. The molecule has 5 nitrogen and oxygen atoms in total. The third kappa shape index (κ3) is 2.82. The van der Waals surface area contributed by atoms with Crippen molar-refractivity contribution in [2.24, 2.45) is 11.7 Å². The van der Waals surface area contributed by atoms with Gasteiger partial charge in [-0.2, -0.15) is 4.98 Å². The lowest BCUT2D eigenvalue weighted by atomic mass is 9.87. The van der Waals surface area contributed by atoms with Gasteiger partial charge in [-0.25, -0.2) is 0 Å². The molecule has 1 saturated heterocycles. The molecule has 2 N–H and O–H groups in total. The van der Waals surface area contributed by atoms with Gasteiger partial charge in [-0.1, -0.05) is 19.0 Å². The van der Waals surface area contributed by atoms with Crippen molar-refractivity contribution in [1.29, 1.82) is 0 Å². The highest BCUT2D eigenvalue weighted by atomic mass is 16.5. The SMILES string of the molecule is CC(C)CN1CCC(N)(c2noc(C3CC3)n2)CC1. The maximum Gasteiger partial charge on any atom is 0.229 e. The predicted octanol–water partition coefficient (Wildman–Crippen LogP) is 1.85. The molecule has 1 aromatic rings. The van der Waals surface area contributed by atoms with E-state index in [0.717, 1.165) is 44.2 Å². The van der Waals surface area contributed by atoms with Crippen molar-refractivity contribution >= 4 is 0 Å². The van der Waals surface area contributed by atoms with Gasteiger partial charge in [0, 0.05) is 25.6 Å². The number of hydrogen-bond donors (Lipinski definition) is 1. The first kappa shape index (κ1) is 13.1. The van der Waals surface area contributed by atoms with E-state index >= 15 is 0 Å². The van der Waals surface area contributed by atoms with Gasteiger partial charge in [-0.15, -0.1) is 0 Å². The molecule has 0 atom stereocenters. The number of aromatic nitrogens is 2. The summed E-state index contributed by atoms with van der Waals surface area (Å²) in [4.78, 5) is 7.02. The van der Waals surface area contributed by atoms with Crippen molar-refractivity contribution in [3.05, 3.63) is 11.7 Å². The van der Waals surface area contributed by atoms with Crippen LogP contribution in [0.1, 0.15) is 57.2 Å². The Labute approximate surface area is 114 Å². The van der Waals surface area contributed by atoms with E-state index in [1.807, 2.05) is 0 Å². The lowest BCUT2D eigenvalue weighted by Gasteiger charge is -2.37. The second-order valence-electron chi connectivity index (χ2n) is 6.58. The molecule has 0 amide bonds. The second kappa shape index (κ2) is 4.87. The zero-order valence-corrected chi connectivity index (χ0v) is 11.9. The van der Waals surface area contributed by atoms with Crippen LogP contribution in [-0.2, 0) is 5.54 Å². The van der Waals surface area contributed by atoms with Gasteiger partial charge in [0.15, 0.2) is 5.82 Å². The Morgan fingerprint density at radius 3 is 2.63 bits per heavy atom. The molecule has 0 bridgehead atoms. The molecule has 0 radical (unpaired) electrons. The number of piperidine rings is 1. The summed E-state index contributed by atoms with van der Waals surface area (Å²) in [5.74, 6) is 2.73. The molecule has 19 heavy (non-hydrogen) atoms. The first-order chi connectivity index (χ1) is 9.07. The number of rotatable bonds is 4. The fourth-order valence-corrected chi connectivity index (χ4v) is 2.81. The summed E-state index contributed by atoms with van der Waals surface area (Å²) in [7, 11) is 0. The van der Waals surface area contributed by atoms with Crippen LogP contribution in [0.5, 0.6) is 0 Å². The summed E-state index contributed by atoms with van der Waals surface area (Å²) in [6.45, 7) is 7.72. The van der Waals surface area contributed by atoms with Gasteiger partial charge >= 0.3 is 0 Å². The van der Waals surface area contributed by atoms with Crippen molar-refractivity contribution in [3.8, 4) is 0 Å². The Morgan fingerprint density at radius 2 is 2.05 bits per heavy atom. The molecule has 1 saturated carbocycles. The van der Waals surface area contributed by atoms with E-state index in [2.05, 4.69) is 28.9 Å². The summed E-state index contributed by atoms with van der Waals surface area (Å²) >= 11 is 0. The average molecular weight is 264 g/mol. The van der Waals surface area contributed by atoms with Crippen LogP contribution >= 0.6 is 0 Å². The third-order valence-electron chi connectivity index (χ3n) is 4.19. The molecule has 2 aliphatic rings. The fourth-order valence-electron chi connectivity index (χ4n) is 2.81. The van der Waals surface area contributed by atoms with Gasteiger partial charge in [0.1, 0.15) is 0 Å². The van der Waals surface area contributed by atoms with Gasteiger partial charge in [0.05, 0.1) is 5.54 Å². The summed E-state index contributed by atoms with van der Waals surface area (Å²) < 4.78 is 5.34. The minimum absolute atomic E-state index is 0.385. The molecule has 0 aromatic carbocycles. The van der Waals surface area contributed by atoms with Crippen molar-refractivity contribution in [3.63, 3.8) is 0 Å². The molecule has 2 heterocycles. The van der Waals surface area contributed by atoms with Gasteiger partial charge in [-0.3, -0.25) is 0 Å². The number of hydrogen-bond acceptors (Lipinski definition) is 5. The highest BCUT2D eigenvalue weighted by molar-refractivity contribution is 5.10. The number of likely N-dealkylation sites (tertiary alicyclic amines) is 1. The Bertz CT molecular complexity index is 430. The highest BCUT2D eigenvalue weighted by Gasteiger charge is 2.38. The maximum atomic E-state index is 6.50. The Kier molecular flexibility index (Phi) is 3.35. The van der Waals surface area contributed by atoms with Crippen LogP contribution in [0, 0.1) is 5.92 Å². The normalized spacial score (nSPS) is 24.0. The maximum absolute atomic E-state index is 6.50. The fraction of sp³-hybridized carbons (Fsp3) is 0.857. The van der Waals surface area contributed by atoms with E-state index in [-0.39, 0.29) is 5.54 Å². The van der Waals surface area contributed by atoms with Crippen molar-refractivity contribution in [2.45, 2.75) is 51.0 Å². The van der Waals surface area contributed by atoms with Gasteiger partial charge in [0.2, 0.25) is 5.89 Å². The molecule has 0 spiro atoms. The molecule has 1 aliphatic carbocycles. The summed E-state index contributed by atoms with van der Waals surface area (Å²) in [6.07, 6.45) is 4.20. The van der Waals surface area contributed by atoms with E-state index < -0.39 is 0 Å². The molecule has 106 valence electrons. The number of nitrogens with zero attached hydrogens (tertiary/aromatic N) is 3. The average Bonchev–Trinajstić information content (AvgIpc) is 3.09. The Morgan fingerprint density at radius 1 is 1.37 bits per heavy atom. The van der Waals surface area contributed by atoms with Crippen molar-refractivity contribution in [2.75, 3.05) is 19.6 Å². The quantitative estimate of drug-likeness (QED) is 0.899. The van der Waals surface area contributed by atoms with Crippen LogP contribution in [-0.4, -0.2) is 34.7 Å². The summed E-state index contributed by atoms with van der Waals surface area (Å²) in [5, 5.41) is 4.13. The molecule has 3 rings (SSSR count). The molecular weight excluding hydrogens is 240 g/mol. The van der Waals surface area contributed by atoms with Crippen LogP contribution in [0.25, 0.3) is 0 Å². The smallest absolute Gasteiger partial charge is 0.229 e. The topological polar surface area (TPSA) is 68.2 Å². The van der Waals surface area contributed by atoms with Crippen molar-refractivity contribution in [1.82, 2.24) is 15.0 Å². The third-order valence-corrected chi connectivity index (χ3v) is 4.19. The van der Waals surface area contributed by atoms with Crippen LogP contribution < -0.4 is 5.73 Å². The lowest BCUT2D eigenvalue weighted by Crippen LogP contribution is -2.49. The first-order valence-electron chi connectivity index (χ1n) is 7.42. The van der Waals surface area contributed by atoms with Gasteiger partial charge in [0.25, 0.3) is 0 Å². The largest absolute Gasteiger partial charge is 0.339 e. The van der Waals surface area contributed by atoms with E-state index in [1.165, 1.54) is 12.8 Å². The molecule has 5 heteroatoms. The zero-order valence-electron chi connectivity index (χ0n) is 11.9. The minimum Gasteiger partial charge on any atom is -0.339 e. The second-order valence-corrected chi connectivity index (χ2v) is 6.58. The van der Waals surface area contributed by atoms with Crippen molar-refractivity contribution < 1.29 is 4.52 Å². The van der Waals surface area contributed by atoms with E-state index in [1.54, 1.807) is 0 Å². The molecule has 0 unspecified atom stereocenters. The summed E-state index contributed by atoms with van der Waals surface area (Å²) in [6, 6.07) is 0. The van der Waals surface area contributed by atoms with E-state index in [0.29, 0.717) is 11.8 Å². The Balaban J connectivity index is 1.63. The highest BCUT2D eigenvalue weighted by Crippen LogP contribution is 2.40. The first-order valence-corrected chi connectivity index (χ1v) is 7.42. The molecule has 1 aromatic heterocycles. The zero-order chi connectivity index (χ0) is 13.5.